The SMILES string of the molecule is CNc1nc(SC(C)(C)C)c(F)cc1F. The van der Waals surface area contributed by atoms with Crippen LogP contribution in [0, 0.1) is 11.6 Å². The topological polar surface area (TPSA) is 24.9 Å². The third kappa shape index (κ3) is 3.34. The Labute approximate surface area is 92.5 Å². The molecule has 0 aromatic carbocycles. The van der Waals surface area contributed by atoms with Crippen LogP contribution in [0.3, 0.4) is 0 Å². The second-order valence-corrected chi connectivity index (χ2v) is 5.89. The van der Waals surface area contributed by atoms with Crippen LogP contribution in [0.15, 0.2) is 11.1 Å². The number of pyridine rings is 1. The fraction of sp³-hybridized carbons (Fsp3) is 0.500. The zero-order valence-corrected chi connectivity index (χ0v) is 10.0. The highest BCUT2D eigenvalue weighted by molar-refractivity contribution is 8.00. The van der Waals surface area contributed by atoms with E-state index in [1.54, 1.807) is 7.05 Å². The van der Waals surface area contributed by atoms with Crippen LogP contribution in [0.4, 0.5) is 14.6 Å². The molecule has 0 amide bonds. The van der Waals surface area contributed by atoms with E-state index < -0.39 is 11.6 Å². The van der Waals surface area contributed by atoms with Crippen molar-refractivity contribution in [1.82, 2.24) is 4.98 Å². The Hall–Kier alpha value is -0.840. The second-order valence-electron chi connectivity index (χ2n) is 4.07. The first kappa shape index (κ1) is 12.2. The molecule has 1 aromatic rings. The lowest BCUT2D eigenvalue weighted by Crippen LogP contribution is -2.09. The van der Waals surface area contributed by atoms with E-state index in [4.69, 9.17) is 0 Å². The Balaban J connectivity index is 3.08. The minimum absolute atomic E-state index is 0.0724. The zero-order chi connectivity index (χ0) is 11.6. The van der Waals surface area contributed by atoms with Crippen LogP contribution >= 0.6 is 11.8 Å². The molecule has 0 spiro atoms. The van der Waals surface area contributed by atoms with Crippen LogP contribution in [0.25, 0.3) is 0 Å². The molecule has 0 saturated heterocycles. The minimum atomic E-state index is -0.673. The van der Waals surface area contributed by atoms with Gasteiger partial charge in [-0.2, -0.15) is 0 Å². The number of hydrogen-bond acceptors (Lipinski definition) is 3. The predicted octanol–water partition coefficient (Wildman–Crippen LogP) is 3.29. The average Bonchev–Trinajstić information content (AvgIpc) is 2.07. The summed E-state index contributed by atoms with van der Waals surface area (Å²) in [6, 6.07) is 0.854. The maximum absolute atomic E-state index is 13.3. The number of halogens is 2. The first-order valence-electron chi connectivity index (χ1n) is 4.56. The van der Waals surface area contributed by atoms with Gasteiger partial charge in [0, 0.05) is 17.9 Å². The standard InChI is InChI=1S/C10H14F2N2S/c1-10(2,3)15-9-7(12)5-6(11)8(13-4)14-9/h5H,1-4H3,(H,13,14). The number of nitrogens with zero attached hydrogens (tertiary/aromatic N) is 1. The number of anilines is 1. The zero-order valence-electron chi connectivity index (χ0n) is 9.19. The predicted molar refractivity (Wildman–Crippen MR) is 59.3 cm³/mol. The Kier molecular flexibility index (Phi) is 3.54. The monoisotopic (exact) mass is 232 g/mol. The van der Waals surface area contributed by atoms with E-state index in [0.717, 1.165) is 6.07 Å². The summed E-state index contributed by atoms with van der Waals surface area (Å²) in [6.07, 6.45) is 0. The molecule has 1 aromatic heterocycles. The van der Waals surface area contributed by atoms with E-state index >= 15 is 0 Å². The summed E-state index contributed by atoms with van der Waals surface area (Å²) >= 11 is 1.27. The number of thioether (sulfide) groups is 1. The Morgan fingerprint density at radius 3 is 2.33 bits per heavy atom. The van der Waals surface area contributed by atoms with Gasteiger partial charge in [-0.15, -0.1) is 0 Å². The average molecular weight is 232 g/mol. The Bertz CT molecular complexity index is 361. The van der Waals surface area contributed by atoms with Gasteiger partial charge in [0.1, 0.15) is 5.03 Å². The maximum Gasteiger partial charge on any atom is 0.168 e. The van der Waals surface area contributed by atoms with E-state index in [-0.39, 0.29) is 15.6 Å². The maximum atomic E-state index is 13.3. The van der Waals surface area contributed by atoms with Gasteiger partial charge in [-0.3, -0.25) is 0 Å². The van der Waals surface area contributed by atoms with E-state index in [9.17, 15) is 8.78 Å². The van der Waals surface area contributed by atoms with Gasteiger partial charge in [0.2, 0.25) is 0 Å². The van der Waals surface area contributed by atoms with Crippen LogP contribution in [-0.4, -0.2) is 16.8 Å². The summed E-state index contributed by atoms with van der Waals surface area (Å²) in [4.78, 5) is 3.88. The third-order valence-electron chi connectivity index (χ3n) is 1.54. The molecule has 0 bridgehead atoms. The molecule has 0 aliphatic carbocycles. The molecule has 15 heavy (non-hydrogen) atoms. The van der Waals surface area contributed by atoms with Crippen molar-refractivity contribution in [2.75, 3.05) is 12.4 Å². The molecule has 1 rings (SSSR count). The van der Waals surface area contributed by atoms with Crippen LogP contribution in [0.2, 0.25) is 0 Å². The largest absolute Gasteiger partial charge is 0.371 e. The van der Waals surface area contributed by atoms with Crippen molar-refractivity contribution in [2.24, 2.45) is 0 Å². The number of hydrogen-bond donors (Lipinski definition) is 1. The van der Waals surface area contributed by atoms with Gasteiger partial charge < -0.3 is 5.32 Å². The fourth-order valence-electron chi connectivity index (χ4n) is 0.987. The van der Waals surface area contributed by atoms with Crippen LogP contribution in [0.5, 0.6) is 0 Å². The van der Waals surface area contributed by atoms with Crippen molar-refractivity contribution in [1.29, 1.82) is 0 Å². The molecule has 0 unspecified atom stereocenters. The van der Waals surface area contributed by atoms with Crippen molar-refractivity contribution < 1.29 is 8.78 Å². The van der Waals surface area contributed by atoms with Crippen LogP contribution in [0.1, 0.15) is 20.8 Å². The normalized spacial score (nSPS) is 11.6. The van der Waals surface area contributed by atoms with Crippen molar-refractivity contribution in [2.45, 2.75) is 30.5 Å². The summed E-state index contributed by atoms with van der Waals surface area (Å²) in [5.41, 5.74) is 0. The molecule has 1 N–H and O–H groups in total. The molecule has 5 heteroatoms. The number of nitrogens with one attached hydrogen (secondary N) is 1. The lowest BCUT2D eigenvalue weighted by molar-refractivity contribution is 0.550. The molecule has 2 nitrogen and oxygen atoms in total. The molecule has 0 radical (unpaired) electrons. The van der Waals surface area contributed by atoms with Gasteiger partial charge in [-0.1, -0.05) is 32.5 Å². The first-order valence-corrected chi connectivity index (χ1v) is 5.38. The number of aromatic nitrogens is 1. The van der Waals surface area contributed by atoms with E-state index in [1.165, 1.54) is 11.8 Å². The summed E-state index contributed by atoms with van der Waals surface area (Å²) in [5.74, 6) is -1.22. The highest BCUT2D eigenvalue weighted by Crippen LogP contribution is 2.33. The van der Waals surface area contributed by atoms with Gasteiger partial charge in [0.05, 0.1) is 0 Å². The van der Waals surface area contributed by atoms with Crippen LogP contribution in [-0.2, 0) is 0 Å². The minimum Gasteiger partial charge on any atom is -0.371 e. The lowest BCUT2D eigenvalue weighted by atomic mass is 10.3. The smallest absolute Gasteiger partial charge is 0.168 e. The van der Waals surface area contributed by atoms with Gasteiger partial charge in [0.15, 0.2) is 17.5 Å². The molecule has 0 atom stereocenters. The highest BCUT2D eigenvalue weighted by atomic mass is 32.2. The summed E-state index contributed by atoms with van der Waals surface area (Å²) in [6.45, 7) is 5.84. The van der Waals surface area contributed by atoms with Gasteiger partial charge in [0.25, 0.3) is 0 Å². The van der Waals surface area contributed by atoms with Gasteiger partial charge >= 0.3 is 0 Å². The first-order chi connectivity index (χ1) is 6.83. The molecular formula is C10H14F2N2S. The quantitative estimate of drug-likeness (QED) is 0.792. The highest BCUT2D eigenvalue weighted by Gasteiger charge is 2.18. The van der Waals surface area contributed by atoms with Crippen molar-refractivity contribution >= 4 is 17.6 Å². The van der Waals surface area contributed by atoms with Gasteiger partial charge in [-0.05, 0) is 0 Å². The molecule has 0 fully saturated rings. The lowest BCUT2D eigenvalue weighted by Gasteiger charge is -2.17. The molecule has 84 valence electrons. The van der Waals surface area contributed by atoms with E-state index in [1.807, 2.05) is 20.8 Å². The molecular weight excluding hydrogens is 218 g/mol. The molecule has 1 heterocycles. The Morgan fingerprint density at radius 1 is 1.27 bits per heavy atom. The second kappa shape index (κ2) is 4.35. The number of rotatable bonds is 2. The van der Waals surface area contributed by atoms with Crippen LogP contribution < -0.4 is 5.32 Å². The third-order valence-corrected chi connectivity index (χ3v) is 2.63. The summed E-state index contributed by atoms with van der Waals surface area (Å²) in [7, 11) is 1.55. The van der Waals surface area contributed by atoms with E-state index in [2.05, 4.69) is 10.3 Å². The van der Waals surface area contributed by atoms with Crippen molar-refractivity contribution in [3.8, 4) is 0 Å². The van der Waals surface area contributed by atoms with Crippen molar-refractivity contribution in [3.05, 3.63) is 17.7 Å². The molecule has 0 saturated carbocycles. The molecule has 0 aliphatic heterocycles. The van der Waals surface area contributed by atoms with Crippen molar-refractivity contribution in [3.63, 3.8) is 0 Å². The Morgan fingerprint density at radius 2 is 1.87 bits per heavy atom. The summed E-state index contributed by atoms with van der Waals surface area (Å²) in [5, 5.41) is 2.80. The molecule has 0 aliphatic rings. The fourth-order valence-corrected chi connectivity index (χ4v) is 1.86. The van der Waals surface area contributed by atoms with E-state index in [0.29, 0.717) is 0 Å². The van der Waals surface area contributed by atoms with Gasteiger partial charge in [-0.25, -0.2) is 13.8 Å². The summed E-state index contributed by atoms with van der Waals surface area (Å²) < 4.78 is 26.3.